The van der Waals surface area contributed by atoms with E-state index in [1.54, 1.807) is 4.90 Å². The Hall–Kier alpha value is -0.790. The topological polar surface area (TPSA) is 92.9 Å². The Morgan fingerprint density at radius 1 is 1.76 bits per heavy atom. The molecule has 2 aliphatic rings. The van der Waals surface area contributed by atoms with Crippen LogP contribution in [0.2, 0.25) is 0 Å². The van der Waals surface area contributed by atoms with Gasteiger partial charge in [0.15, 0.2) is 6.10 Å². The van der Waals surface area contributed by atoms with Gasteiger partial charge in [0.1, 0.15) is 10.1 Å². The third kappa shape index (κ3) is 1.82. The van der Waals surface area contributed by atoms with Crippen LogP contribution in [-0.4, -0.2) is 58.3 Å². The lowest BCUT2D eigenvalue weighted by Crippen LogP contribution is -2.61. The average molecular weight is 260 g/mol. The second-order valence-electron chi connectivity index (χ2n) is 4.32. The highest BCUT2D eigenvalue weighted by molar-refractivity contribution is 8.02. The Kier molecular flexibility index (Phi) is 3.33. The molecule has 6 nitrogen and oxygen atoms in total. The van der Waals surface area contributed by atoms with Gasteiger partial charge in [-0.15, -0.1) is 11.8 Å². The molecule has 2 saturated heterocycles. The van der Waals surface area contributed by atoms with Gasteiger partial charge in [-0.3, -0.25) is 9.59 Å². The van der Waals surface area contributed by atoms with Gasteiger partial charge in [0.05, 0.1) is 0 Å². The van der Waals surface area contributed by atoms with E-state index in [0.29, 0.717) is 19.4 Å². The number of nitrogens with zero attached hydrogens (tertiary/aromatic N) is 1. The van der Waals surface area contributed by atoms with Crippen molar-refractivity contribution in [3.05, 3.63) is 0 Å². The van der Waals surface area contributed by atoms with Crippen molar-refractivity contribution in [2.24, 2.45) is 5.73 Å². The van der Waals surface area contributed by atoms with Crippen LogP contribution in [0.4, 0.5) is 0 Å². The summed E-state index contributed by atoms with van der Waals surface area (Å²) in [5, 5.41) is 9.21. The molecule has 2 heterocycles. The van der Waals surface area contributed by atoms with Gasteiger partial charge < -0.3 is 20.5 Å². The van der Waals surface area contributed by atoms with E-state index >= 15 is 0 Å². The molecular formula is C10H16N2O4S. The van der Waals surface area contributed by atoms with E-state index in [2.05, 4.69) is 0 Å². The number of carbonyl (C=O) groups is 2. The summed E-state index contributed by atoms with van der Waals surface area (Å²) in [4.78, 5) is 24.6. The summed E-state index contributed by atoms with van der Waals surface area (Å²) in [6, 6.07) is 0. The summed E-state index contributed by atoms with van der Waals surface area (Å²) < 4.78 is 4.15. The first-order chi connectivity index (χ1) is 8.05. The minimum absolute atomic E-state index is 0.110. The maximum atomic E-state index is 11.6. The van der Waals surface area contributed by atoms with Crippen molar-refractivity contribution in [1.82, 2.24) is 4.90 Å². The molecule has 0 bridgehead atoms. The number of thioether (sulfide) groups is 1. The fourth-order valence-corrected chi connectivity index (χ4v) is 3.99. The normalized spacial score (nSPS) is 35.6. The number of fused-ring (bicyclic) bond motifs is 1. The quantitative estimate of drug-likeness (QED) is 0.646. The molecule has 2 rings (SSSR count). The molecule has 0 radical (unpaired) electrons. The van der Waals surface area contributed by atoms with Crippen LogP contribution < -0.4 is 5.73 Å². The van der Waals surface area contributed by atoms with Crippen molar-refractivity contribution in [2.75, 3.05) is 20.2 Å². The Morgan fingerprint density at radius 2 is 2.47 bits per heavy atom. The molecule has 2 fully saturated rings. The van der Waals surface area contributed by atoms with Gasteiger partial charge in [0, 0.05) is 13.7 Å². The molecule has 17 heavy (non-hydrogen) atoms. The third-order valence-electron chi connectivity index (χ3n) is 3.29. The van der Waals surface area contributed by atoms with E-state index in [9.17, 15) is 14.7 Å². The summed E-state index contributed by atoms with van der Waals surface area (Å²) in [6.07, 6.45) is 0.644. The van der Waals surface area contributed by atoms with Crippen LogP contribution in [-0.2, 0) is 14.3 Å². The first-order valence-electron chi connectivity index (χ1n) is 5.50. The predicted molar refractivity (Wildman–Crippen MR) is 62.5 cm³/mol. The van der Waals surface area contributed by atoms with Crippen LogP contribution in [0.5, 0.6) is 0 Å². The van der Waals surface area contributed by atoms with E-state index in [0.717, 1.165) is 0 Å². The number of carbonyl (C=O) groups excluding carboxylic acids is 1. The molecule has 1 unspecified atom stereocenters. The van der Waals surface area contributed by atoms with Crippen LogP contribution in [0.1, 0.15) is 12.8 Å². The van der Waals surface area contributed by atoms with Gasteiger partial charge in [0.25, 0.3) is 5.91 Å². The summed E-state index contributed by atoms with van der Waals surface area (Å²) >= 11 is 1.32. The van der Waals surface area contributed by atoms with Crippen LogP contribution in [0.3, 0.4) is 0 Å². The van der Waals surface area contributed by atoms with Crippen molar-refractivity contribution in [3.63, 3.8) is 0 Å². The smallest absolute Gasteiger partial charge is 0.321 e. The molecule has 3 atom stereocenters. The van der Waals surface area contributed by atoms with E-state index in [-0.39, 0.29) is 17.8 Å². The van der Waals surface area contributed by atoms with Crippen LogP contribution >= 0.6 is 11.8 Å². The summed E-state index contributed by atoms with van der Waals surface area (Å²) in [7, 11) is 1.47. The molecule has 7 heteroatoms. The highest BCUT2D eigenvalue weighted by atomic mass is 32.2. The third-order valence-corrected chi connectivity index (χ3v) is 5.00. The molecular weight excluding hydrogens is 244 g/mol. The Bertz CT molecular complexity index is 351. The van der Waals surface area contributed by atoms with E-state index in [4.69, 9.17) is 10.5 Å². The molecule has 0 saturated carbocycles. The fourth-order valence-electron chi connectivity index (χ4n) is 2.30. The van der Waals surface area contributed by atoms with Crippen molar-refractivity contribution in [2.45, 2.75) is 29.1 Å². The first-order valence-corrected chi connectivity index (χ1v) is 6.38. The van der Waals surface area contributed by atoms with Crippen molar-refractivity contribution >= 4 is 23.6 Å². The van der Waals surface area contributed by atoms with Crippen LogP contribution in [0, 0.1) is 0 Å². The Labute approximate surface area is 103 Å². The number of carboxylic acid groups (broad SMARTS) is 1. The molecule has 1 amide bonds. The number of β-lactam (4-membered cyclic amide) rings is 1. The summed E-state index contributed by atoms with van der Waals surface area (Å²) in [6.45, 7) is 0.721. The molecule has 96 valence electrons. The summed E-state index contributed by atoms with van der Waals surface area (Å²) in [5.41, 5.74) is 5.42. The van der Waals surface area contributed by atoms with Gasteiger partial charge in [-0.2, -0.15) is 0 Å². The number of nitrogens with two attached hydrogens (primary N) is 1. The minimum atomic E-state index is -0.910. The largest absolute Gasteiger partial charge is 0.480 e. The average Bonchev–Trinajstić information content (AvgIpc) is 2.64. The van der Waals surface area contributed by atoms with Crippen molar-refractivity contribution < 1.29 is 19.4 Å². The minimum Gasteiger partial charge on any atom is -0.480 e. The van der Waals surface area contributed by atoms with E-state index < -0.39 is 16.8 Å². The molecule has 2 aliphatic heterocycles. The van der Waals surface area contributed by atoms with Gasteiger partial charge in [0.2, 0.25) is 0 Å². The molecule has 0 aromatic rings. The number of rotatable bonds is 5. The fraction of sp³-hybridized carbons (Fsp3) is 0.800. The Morgan fingerprint density at radius 3 is 3.00 bits per heavy atom. The molecule has 0 aromatic heterocycles. The number of hydrogen-bond donors (Lipinski definition) is 2. The number of methoxy groups -OCH3 is 1. The van der Waals surface area contributed by atoms with Crippen LogP contribution in [0.15, 0.2) is 0 Å². The zero-order valence-electron chi connectivity index (χ0n) is 9.59. The number of carboxylic acids is 1. The lowest BCUT2D eigenvalue weighted by atomic mass is 9.99. The molecule has 3 N–H and O–H groups in total. The Balaban J connectivity index is 2.12. The molecule has 0 aromatic carbocycles. The lowest BCUT2D eigenvalue weighted by Gasteiger charge is -2.40. The van der Waals surface area contributed by atoms with E-state index in [1.807, 2.05) is 0 Å². The zero-order valence-corrected chi connectivity index (χ0v) is 10.4. The predicted octanol–water partition coefficient (Wildman–Crippen LogP) is -0.521. The highest BCUT2D eigenvalue weighted by Crippen LogP contribution is 2.49. The monoisotopic (exact) mass is 260 g/mol. The number of aliphatic carboxylic acids is 1. The summed E-state index contributed by atoms with van der Waals surface area (Å²) in [5.74, 6) is -0.978. The molecule has 0 spiro atoms. The van der Waals surface area contributed by atoms with E-state index in [1.165, 1.54) is 18.9 Å². The van der Waals surface area contributed by atoms with Gasteiger partial charge in [-0.1, -0.05) is 0 Å². The second-order valence-corrected chi connectivity index (χ2v) is 5.82. The number of hydrogen-bond acceptors (Lipinski definition) is 5. The van der Waals surface area contributed by atoms with Gasteiger partial charge in [-0.25, -0.2) is 0 Å². The van der Waals surface area contributed by atoms with Gasteiger partial charge in [-0.05, 0) is 19.4 Å². The zero-order chi connectivity index (χ0) is 12.6. The van der Waals surface area contributed by atoms with Crippen molar-refractivity contribution in [1.29, 1.82) is 0 Å². The maximum absolute atomic E-state index is 11.6. The molecule has 0 aliphatic carbocycles. The highest BCUT2D eigenvalue weighted by Gasteiger charge is 2.61. The van der Waals surface area contributed by atoms with Gasteiger partial charge >= 0.3 is 5.97 Å². The first kappa shape index (κ1) is 12.7. The SMILES string of the molecule is CO[C@H]1C(=O)N2CC(CCCN)(C(=O)O)S[C@H]12. The maximum Gasteiger partial charge on any atom is 0.321 e. The number of amides is 1. The van der Waals surface area contributed by atoms with Crippen LogP contribution in [0.25, 0.3) is 0 Å². The van der Waals surface area contributed by atoms with Crippen molar-refractivity contribution in [3.8, 4) is 0 Å². The standard InChI is InChI=1S/C10H16N2O4S/c1-16-6-7(13)12-5-10(9(14)15,3-2-4-11)17-8(6)12/h6,8H,2-5,11H2,1H3,(H,14,15)/t6-,8+,10?/m0/s1. The number of ether oxygens (including phenoxy) is 1. The lowest BCUT2D eigenvalue weighted by molar-refractivity contribution is -0.161. The second kappa shape index (κ2) is 4.47.